The first-order valence-corrected chi connectivity index (χ1v) is 13.1. The van der Waals surface area contributed by atoms with Crippen molar-refractivity contribution in [3.05, 3.63) is 88.8 Å². The lowest BCUT2D eigenvalue weighted by molar-refractivity contribution is 0.0525. The maximum atomic E-state index is 13.3. The Morgan fingerprint density at radius 3 is 2.17 bits per heavy atom. The van der Waals surface area contributed by atoms with Gasteiger partial charge in [-0.25, -0.2) is 4.79 Å². The van der Waals surface area contributed by atoms with Crippen LogP contribution < -0.4 is 4.74 Å². The molecule has 0 aliphatic heterocycles. The predicted molar refractivity (Wildman–Crippen MR) is 149 cm³/mol. The Labute approximate surface area is 216 Å². The quantitative estimate of drug-likeness (QED) is 0.255. The Morgan fingerprint density at radius 1 is 0.917 bits per heavy atom. The summed E-state index contributed by atoms with van der Waals surface area (Å²) < 4.78 is 11.6. The van der Waals surface area contributed by atoms with Crippen LogP contribution in [0.3, 0.4) is 0 Å². The molecule has 0 aliphatic carbocycles. The second kappa shape index (κ2) is 13.1. The van der Waals surface area contributed by atoms with Crippen LogP contribution in [0.5, 0.6) is 5.75 Å². The molecule has 36 heavy (non-hydrogen) atoms. The zero-order valence-corrected chi connectivity index (χ0v) is 22.5. The first-order chi connectivity index (χ1) is 17.4. The van der Waals surface area contributed by atoms with Gasteiger partial charge >= 0.3 is 5.97 Å². The number of unbranched alkanes of at least 4 members (excludes halogenated alkanes) is 1. The number of aromatic nitrogens is 1. The monoisotopic (exact) mass is 485 g/mol. The molecule has 0 saturated carbocycles. The Morgan fingerprint density at radius 2 is 1.58 bits per heavy atom. The van der Waals surface area contributed by atoms with E-state index in [0.29, 0.717) is 18.8 Å². The molecule has 4 nitrogen and oxygen atoms in total. The van der Waals surface area contributed by atoms with Crippen molar-refractivity contribution in [3.8, 4) is 16.9 Å². The van der Waals surface area contributed by atoms with Crippen molar-refractivity contribution in [2.75, 3.05) is 6.61 Å². The number of benzene rings is 2. The van der Waals surface area contributed by atoms with Crippen LogP contribution in [0, 0.1) is 0 Å². The molecule has 0 atom stereocenters. The topological polar surface area (TPSA) is 48.4 Å². The molecule has 0 radical (unpaired) electrons. The highest BCUT2D eigenvalue weighted by molar-refractivity contribution is 6.01. The van der Waals surface area contributed by atoms with Crippen molar-refractivity contribution in [1.29, 1.82) is 0 Å². The van der Waals surface area contributed by atoms with Crippen molar-refractivity contribution in [3.63, 3.8) is 0 Å². The van der Waals surface area contributed by atoms with E-state index in [4.69, 9.17) is 14.5 Å². The van der Waals surface area contributed by atoms with E-state index >= 15 is 0 Å². The minimum atomic E-state index is -0.325. The van der Waals surface area contributed by atoms with E-state index in [-0.39, 0.29) is 17.8 Å². The Bertz CT molecular complexity index is 1160. The van der Waals surface area contributed by atoms with Gasteiger partial charge in [-0.15, -0.1) is 0 Å². The third kappa shape index (κ3) is 6.63. The highest BCUT2D eigenvalue weighted by Crippen LogP contribution is 2.38. The van der Waals surface area contributed by atoms with Gasteiger partial charge in [-0.1, -0.05) is 95.7 Å². The minimum absolute atomic E-state index is 0.0720. The number of hydrogen-bond donors (Lipinski definition) is 0. The first kappa shape index (κ1) is 27.2. The Hall–Kier alpha value is -3.40. The molecule has 190 valence electrons. The molecule has 2 aromatic carbocycles. The summed E-state index contributed by atoms with van der Waals surface area (Å²) in [6.07, 6.45) is 6.32. The Kier molecular flexibility index (Phi) is 9.86. The number of carbonyl (C=O) groups is 1. The molecule has 0 N–H and O–H groups in total. The second-order valence-electron chi connectivity index (χ2n) is 9.57. The fourth-order valence-corrected chi connectivity index (χ4v) is 4.20. The van der Waals surface area contributed by atoms with Crippen LogP contribution in [0.15, 0.2) is 60.7 Å². The van der Waals surface area contributed by atoms with Crippen molar-refractivity contribution in [1.82, 2.24) is 4.98 Å². The van der Waals surface area contributed by atoms with Gasteiger partial charge in [-0.05, 0) is 48.4 Å². The van der Waals surface area contributed by atoms with Crippen molar-refractivity contribution >= 4 is 12.0 Å². The van der Waals surface area contributed by atoms with E-state index in [2.05, 4.69) is 46.8 Å². The van der Waals surface area contributed by atoms with Gasteiger partial charge in [0.05, 0.1) is 23.6 Å². The standard InChI is InChI=1S/C32H39NO3/c1-7-9-11-16-27-28(25-17-19-26(20-18-25)36-21-24-14-12-10-13-15-24)29(32(34)35-8-2)31(23(5)6)33-30(27)22(3)4/h10-20,22-23H,7-9,21H2,1-6H3. The molecule has 0 bridgehead atoms. The van der Waals surface area contributed by atoms with Gasteiger partial charge in [0, 0.05) is 11.1 Å². The van der Waals surface area contributed by atoms with E-state index in [9.17, 15) is 4.79 Å². The van der Waals surface area contributed by atoms with E-state index < -0.39 is 0 Å². The largest absolute Gasteiger partial charge is 0.489 e. The van der Waals surface area contributed by atoms with Gasteiger partial charge in [-0.3, -0.25) is 4.98 Å². The van der Waals surface area contributed by atoms with Crippen LogP contribution in [0.2, 0.25) is 0 Å². The minimum Gasteiger partial charge on any atom is -0.489 e. The fourth-order valence-electron chi connectivity index (χ4n) is 4.20. The van der Waals surface area contributed by atoms with Crippen LogP contribution in [0.1, 0.15) is 99.1 Å². The number of rotatable bonds is 11. The van der Waals surface area contributed by atoms with Crippen LogP contribution in [-0.4, -0.2) is 17.6 Å². The molecule has 0 fully saturated rings. The normalized spacial score (nSPS) is 11.4. The van der Waals surface area contributed by atoms with Gasteiger partial charge in [0.25, 0.3) is 0 Å². The molecule has 0 saturated heterocycles. The lowest BCUT2D eigenvalue weighted by Crippen LogP contribution is -2.16. The highest BCUT2D eigenvalue weighted by atomic mass is 16.5. The summed E-state index contributed by atoms with van der Waals surface area (Å²) in [4.78, 5) is 18.4. The molecular weight excluding hydrogens is 446 g/mol. The molecule has 0 unspecified atom stereocenters. The van der Waals surface area contributed by atoms with Crippen molar-refractivity contribution in [2.45, 2.75) is 72.8 Å². The molecule has 0 spiro atoms. The van der Waals surface area contributed by atoms with Gasteiger partial charge < -0.3 is 9.47 Å². The summed E-state index contributed by atoms with van der Waals surface area (Å²) in [5.74, 6) is 0.731. The number of pyridine rings is 1. The van der Waals surface area contributed by atoms with Crippen LogP contribution >= 0.6 is 0 Å². The van der Waals surface area contributed by atoms with Crippen molar-refractivity contribution < 1.29 is 14.3 Å². The summed E-state index contributed by atoms with van der Waals surface area (Å²) in [6.45, 7) is 13.3. The maximum Gasteiger partial charge on any atom is 0.340 e. The van der Waals surface area contributed by atoms with Gasteiger partial charge in [-0.2, -0.15) is 0 Å². The summed E-state index contributed by atoms with van der Waals surface area (Å²) >= 11 is 0. The molecule has 0 aliphatic rings. The summed E-state index contributed by atoms with van der Waals surface area (Å²) in [7, 11) is 0. The smallest absolute Gasteiger partial charge is 0.340 e. The van der Waals surface area contributed by atoms with E-state index in [0.717, 1.165) is 52.2 Å². The average Bonchev–Trinajstić information content (AvgIpc) is 2.87. The number of nitrogens with zero attached hydrogens (tertiary/aromatic N) is 1. The van der Waals surface area contributed by atoms with E-state index in [1.54, 1.807) is 0 Å². The number of ether oxygens (including phenoxy) is 2. The molecule has 0 amide bonds. The first-order valence-electron chi connectivity index (χ1n) is 13.1. The molecule has 3 aromatic rings. The van der Waals surface area contributed by atoms with Crippen molar-refractivity contribution in [2.24, 2.45) is 0 Å². The summed E-state index contributed by atoms with van der Waals surface area (Å²) in [5.41, 5.74) is 6.29. The number of carbonyl (C=O) groups excluding carboxylic acids is 1. The summed E-state index contributed by atoms with van der Waals surface area (Å²) in [6, 6.07) is 18.1. The number of allylic oxidation sites excluding steroid dienone is 1. The van der Waals surface area contributed by atoms with Crippen LogP contribution in [0.25, 0.3) is 17.2 Å². The third-order valence-electron chi connectivity index (χ3n) is 6.00. The van der Waals surface area contributed by atoms with Gasteiger partial charge in [0.2, 0.25) is 0 Å². The lowest BCUT2D eigenvalue weighted by atomic mass is 9.86. The molecule has 4 heteroatoms. The number of hydrogen-bond acceptors (Lipinski definition) is 4. The summed E-state index contributed by atoms with van der Waals surface area (Å²) in [5, 5.41) is 0. The molecule has 3 rings (SSSR count). The van der Waals surface area contributed by atoms with E-state index in [1.165, 1.54) is 0 Å². The fraction of sp³-hybridized carbons (Fsp3) is 0.375. The zero-order valence-electron chi connectivity index (χ0n) is 22.5. The highest BCUT2D eigenvalue weighted by Gasteiger charge is 2.27. The van der Waals surface area contributed by atoms with Gasteiger partial charge in [0.1, 0.15) is 12.4 Å². The number of esters is 1. The molecule has 1 heterocycles. The lowest BCUT2D eigenvalue weighted by Gasteiger charge is -2.23. The maximum absolute atomic E-state index is 13.3. The third-order valence-corrected chi connectivity index (χ3v) is 6.00. The van der Waals surface area contributed by atoms with Crippen LogP contribution in [0.4, 0.5) is 0 Å². The zero-order chi connectivity index (χ0) is 26.1. The predicted octanol–water partition coefficient (Wildman–Crippen LogP) is 8.56. The molecule has 1 aromatic heterocycles. The SMILES string of the molecule is CCCC=Cc1c(C(C)C)nc(C(C)C)c(C(=O)OCC)c1-c1ccc(OCc2ccccc2)cc1. The van der Waals surface area contributed by atoms with E-state index in [1.807, 2.05) is 61.5 Å². The molecular formula is C32H39NO3. The Balaban J connectivity index is 2.16. The van der Waals surface area contributed by atoms with Gasteiger partial charge in [0.15, 0.2) is 0 Å². The second-order valence-corrected chi connectivity index (χ2v) is 9.57. The average molecular weight is 486 g/mol. The van der Waals surface area contributed by atoms with Crippen LogP contribution in [-0.2, 0) is 11.3 Å².